The fraction of sp³-hybridized carbons (Fsp3) is 0.556. The molecule has 24 heavy (non-hydrogen) atoms. The smallest absolute Gasteiger partial charge is 0.208 e. The molecule has 2 fully saturated rings. The Morgan fingerprint density at radius 2 is 2.08 bits per heavy atom. The summed E-state index contributed by atoms with van der Waals surface area (Å²) in [4.78, 5) is 2.34. The molecule has 0 radical (unpaired) electrons. The van der Waals surface area contributed by atoms with Crippen molar-refractivity contribution in [3.05, 3.63) is 40.9 Å². The van der Waals surface area contributed by atoms with Gasteiger partial charge in [0, 0.05) is 31.5 Å². The van der Waals surface area contributed by atoms with Crippen LogP contribution in [0.1, 0.15) is 29.8 Å². The molecule has 0 bridgehead atoms. The van der Waals surface area contributed by atoms with E-state index in [1.165, 1.54) is 5.56 Å². The fourth-order valence-corrected chi connectivity index (χ4v) is 4.75. The number of nitrogens with zero attached hydrogens (tertiary/aromatic N) is 3. The van der Waals surface area contributed by atoms with Gasteiger partial charge in [-0.3, -0.25) is 0 Å². The Kier molecular flexibility index (Phi) is 4.78. The molecule has 1 N–H and O–H groups in total. The number of hydrogen-bond donors (Lipinski definition) is 1. The molecule has 4 rings (SSSR count). The van der Waals surface area contributed by atoms with Crippen LogP contribution < -0.4 is 4.90 Å². The van der Waals surface area contributed by atoms with Crippen LogP contribution >= 0.6 is 11.3 Å². The predicted molar refractivity (Wildman–Crippen MR) is 94.5 cm³/mol. The van der Waals surface area contributed by atoms with Crippen LogP contribution in [-0.4, -0.2) is 47.2 Å². The molecule has 2 aliphatic rings. The van der Waals surface area contributed by atoms with Crippen molar-refractivity contribution in [2.24, 2.45) is 5.92 Å². The highest BCUT2D eigenvalue weighted by atomic mass is 32.1. The van der Waals surface area contributed by atoms with E-state index < -0.39 is 0 Å². The van der Waals surface area contributed by atoms with Crippen LogP contribution in [0.25, 0.3) is 0 Å². The van der Waals surface area contributed by atoms with Crippen LogP contribution in [0.4, 0.5) is 5.13 Å². The lowest BCUT2D eigenvalue weighted by Gasteiger charge is -2.36. The SMILES string of the molecule is OC1CCOCC1C1CCCN1c1nnc(Cc2ccccc2)s1. The van der Waals surface area contributed by atoms with Gasteiger partial charge in [0.2, 0.25) is 5.13 Å². The maximum Gasteiger partial charge on any atom is 0.208 e. The highest BCUT2D eigenvalue weighted by molar-refractivity contribution is 7.15. The molecule has 1 aromatic heterocycles. The third-order valence-electron chi connectivity index (χ3n) is 5.06. The Bertz CT molecular complexity index is 663. The second-order valence-electron chi connectivity index (χ2n) is 6.64. The van der Waals surface area contributed by atoms with Crippen molar-refractivity contribution in [2.45, 2.75) is 37.8 Å². The van der Waals surface area contributed by atoms with E-state index in [9.17, 15) is 5.11 Å². The monoisotopic (exact) mass is 345 g/mol. The molecule has 2 aromatic rings. The Balaban J connectivity index is 1.48. The van der Waals surface area contributed by atoms with Crippen LogP contribution in [0.15, 0.2) is 30.3 Å². The minimum Gasteiger partial charge on any atom is -0.393 e. The summed E-state index contributed by atoms with van der Waals surface area (Å²) in [5.74, 6) is 0.183. The largest absolute Gasteiger partial charge is 0.393 e. The van der Waals surface area contributed by atoms with Gasteiger partial charge in [0.1, 0.15) is 5.01 Å². The third kappa shape index (κ3) is 3.31. The maximum absolute atomic E-state index is 10.4. The van der Waals surface area contributed by atoms with Gasteiger partial charge < -0.3 is 14.7 Å². The fourth-order valence-electron chi connectivity index (χ4n) is 3.79. The van der Waals surface area contributed by atoms with Crippen molar-refractivity contribution in [1.82, 2.24) is 10.2 Å². The number of rotatable bonds is 4. The number of hydrogen-bond acceptors (Lipinski definition) is 6. The molecule has 3 heterocycles. The van der Waals surface area contributed by atoms with Crippen LogP contribution in [0.2, 0.25) is 0 Å². The normalized spacial score (nSPS) is 27.5. The molecule has 2 aliphatic heterocycles. The third-order valence-corrected chi connectivity index (χ3v) is 6.02. The first-order valence-electron chi connectivity index (χ1n) is 8.70. The molecule has 128 valence electrons. The van der Waals surface area contributed by atoms with E-state index in [0.717, 1.165) is 42.4 Å². The Morgan fingerprint density at radius 1 is 1.21 bits per heavy atom. The van der Waals surface area contributed by atoms with Gasteiger partial charge in [0.05, 0.1) is 12.7 Å². The molecular formula is C18H23N3O2S. The molecule has 0 aliphatic carbocycles. The molecule has 5 nitrogen and oxygen atoms in total. The molecule has 6 heteroatoms. The van der Waals surface area contributed by atoms with Gasteiger partial charge in [0.25, 0.3) is 0 Å². The second kappa shape index (κ2) is 7.17. The summed E-state index contributed by atoms with van der Waals surface area (Å²) in [6.07, 6.45) is 3.54. The summed E-state index contributed by atoms with van der Waals surface area (Å²) < 4.78 is 5.61. The van der Waals surface area contributed by atoms with Crippen molar-refractivity contribution < 1.29 is 9.84 Å². The van der Waals surface area contributed by atoms with Crippen molar-refractivity contribution in [2.75, 3.05) is 24.7 Å². The molecule has 3 atom stereocenters. The zero-order valence-corrected chi connectivity index (χ0v) is 14.5. The number of benzene rings is 1. The Hall–Kier alpha value is -1.50. The van der Waals surface area contributed by atoms with Crippen LogP contribution in [0.3, 0.4) is 0 Å². The van der Waals surface area contributed by atoms with E-state index in [2.05, 4.69) is 39.4 Å². The van der Waals surface area contributed by atoms with Crippen LogP contribution in [0, 0.1) is 5.92 Å². The lowest BCUT2D eigenvalue weighted by atomic mass is 9.89. The first kappa shape index (κ1) is 16.0. The molecular weight excluding hydrogens is 322 g/mol. The lowest BCUT2D eigenvalue weighted by Crippen LogP contribution is -2.46. The maximum atomic E-state index is 10.4. The minimum atomic E-state index is -0.263. The van der Waals surface area contributed by atoms with Gasteiger partial charge in [-0.05, 0) is 24.8 Å². The van der Waals surface area contributed by atoms with E-state index in [1.54, 1.807) is 11.3 Å². The van der Waals surface area contributed by atoms with Crippen LogP contribution in [0.5, 0.6) is 0 Å². The van der Waals surface area contributed by atoms with Gasteiger partial charge >= 0.3 is 0 Å². The van der Waals surface area contributed by atoms with E-state index in [1.807, 2.05) is 6.07 Å². The van der Waals surface area contributed by atoms with Crippen molar-refractivity contribution in [3.8, 4) is 0 Å². The average molecular weight is 345 g/mol. The number of aliphatic hydroxyl groups is 1. The number of aromatic nitrogens is 2. The van der Waals surface area contributed by atoms with Gasteiger partial charge in [-0.25, -0.2) is 0 Å². The first-order chi connectivity index (χ1) is 11.8. The zero-order valence-electron chi connectivity index (χ0n) is 13.7. The highest BCUT2D eigenvalue weighted by Crippen LogP contribution is 2.35. The standard InChI is InChI=1S/C18H23N3O2S/c22-16-8-10-23-12-14(16)15-7-4-9-21(15)18-20-19-17(24-18)11-13-5-2-1-3-6-13/h1-3,5-6,14-16,22H,4,7-12H2. The number of aliphatic hydroxyl groups excluding tert-OH is 1. The summed E-state index contributed by atoms with van der Waals surface area (Å²) >= 11 is 1.68. The van der Waals surface area contributed by atoms with Gasteiger partial charge in [-0.2, -0.15) is 0 Å². The van der Waals surface area contributed by atoms with Gasteiger partial charge in [-0.15, -0.1) is 10.2 Å². The number of ether oxygens (including phenoxy) is 1. The van der Waals surface area contributed by atoms with Gasteiger partial charge in [0.15, 0.2) is 0 Å². The molecule has 0 amide bonds. The quantitative estimate of drug-likeness (QED) is 0.923. The topological polar surface area (TPSA) is 58.5 Å². The average Bonchev–Trinajstić information content (AvgIpc) is 3.25. The summed E-state index contributed by atoms with van der Waals surface area (Å²) in [5, 5.41) is 21.2. The Labute approximate surface area is 146 Å². The molecule has 3 unspecified atom stereocenters. The number of anilines is 1. The summed E-state index contributed by atoms with van der Waals surface area (Å²) in [6.45, 7) is 2.32. The summed E-state index contributed by atoms with van der Waals surface area (Å²) in [5.41, 5.74) is 1.26. The van der Waals surface area contributed by atoms with E-state index >= 15 is 0 Å². The highest BCUT2D eigenvalue weighted by Gasteiger charge is 2.38. The minimum absolute atomic E-state index is 0.183. The van der Waals surface area contributed by atoms with Crippen molar-refractivity contribution in [1.29, 1.82) is 0 Å². The zero-order chi connectivity index (χ0) is 16.4. The summed E-state index contributed by atoms with van der Waals surface area (Å²) in [7, 11) is 0. The summed E-state index contributed by atoms with van der Waals surface area (Å²) in [6, 6.07) is 10.7. The van der Waals surface area contributed by atoms with Crippen molar-refractivity contribution >= 4 is 16.5 Å². The predicted octanol–water partition coefficient (Wildman–Crippen LogP) is 2.50. The molecule has 2 saturated heterocycles. The van der Waals surface area contributed by atoms with E-state index in [0.29, 0.717) is 19.3 Å². The van der Waals surface area contributed by atoms with Gasteiger partial charge in [-0.1, -0.05) is 41.7 Å². The van der Waals surface area contributed by atoms with E-state index in [-0.39, 0.29) is 12.0 Å². The van der Waals surface area contributed by atoms with Crippen LogP contribution in [-0.2, 0) is 11.2 Å². The van der Waals surface area contributed by atoms with Crippen molar-refractivity contribution in [3.63, 3.8) is 0 Å². The molecule has 0 spiro atoms. The van der Waals surface area contributed by atoms with E-state index in [4.69, 9.17) is 4.74 Å². The Morgan fingerprint density at radius 3 is 2.92 bits per heavy atom. The molecule has 1 aromatic carbocycles. The second-order valence-corrected chi connectivity index (χ2v) is 7.68. The molecule has 0 saturated carbocycles. The first-order valence-corrected chi connectivity index (χ1v) is 9.51. The lowest BCUT2D eigenvalue weighted by molar-refractivity contribution is -0.0437.